The molecule has 0 aromatic rings. The zero-order valence-corrected chi connectivity index (χ0v) is 18.0. The Hall–Kier alpha value is -1.03. The van der Waals surface area contributed by atoms with Gasteiger partial charge in [0.15, 0.2) is 0 Å². The molecule has 1 saturated heterocycles. The summed E-state index contributed by atoms with van der Waals surface area (Å²) in [6, 6.07) is 0. The number of hydrogen-bond acceptors (Lipinski definition) is 8. The average Bonchev–Trinajstić information content (AvgIpc) is 2.98. The van der Waals surface area contributed by atoms with Gasteiger partial charge in [0.1, 0.15) is 24.4 Å². The molecule has 5 N–H and O–H groups in total. The molecule has 0 amide bonds. The molecule has 1 aliphatic heterocycles. The second kappa shape index (κ2) is 9.22. The smallest absolute Gasteiger partial charge is 0.310 e. The summed E-state index contributed by atoms with van der Waals surface area (Å²) in [5, 5.41) is 48.4. The first-order chi connectivity index (χ1) is 14.1. The van der Waals surface area contributed by atoms with E-state index in [1.807, 2.05) is 0 Å². The van der Waals surface area contributed by atoms with Crippen molar-refractivity contribution in [3.05, 3.63) is 12.2 Å². The number of carbonyl (C=O) groups excluding carboxylic acids is 1. The van der Waals surface area contributed by atoms with Gasteiger partial charge in [0, 0.05) is 19.0 Å². The maximum absolute atomic E-state index is 12.6. The van der Waals surface area contributed by atoms with E-state index in [0.29, 0.717) is 12.5 Å². The molecule has 3 aliphatic rings. The lowest BCUT2D eigenvalue weighted by molar-refractivity contribution is -0.146. The van der Waals surface area contributed by atoms with E-state index in [2.05, 4.69) is 13.5 Å². The van der Waals surface area contributed by atoms with Gasteiger partial charge in [-0.25, -0.2) is 0 Å². The number of nitrogens with zero attached hydrogens (tertiary/aromatic N) is 1. The molecular formula is C22H37NO7. The number of fused-ring (bicyclic) bond motifs is 2. The molecule has 9 atom stereocenters. The second-order valence-electron chi connectivity index (χ2n) is 9.92. The number of likely N-dealkylation sites (N-methyl/N-ethyl adjacent to an activating group) is 1. The number of rotatable bonds is 8. The second-order valence-corrected chi connectivity index (χ2v) is 9.92. The van der Waals surface area contributed by atoms with E-state index in [-0.39, 0.29) is 35.9 Å². The van der Waals surface area contributed by atoms with E-state index < -0.39 is 31.0 Å². The van der Waals surface area contributed by atoms with E-state index in [4.69, 9.17) is 9.84 Å². The molecule has 8 nitrogen and oxygen atoms in total. The van der Waals surface area contributed by atoms with E-state index in [1.54, 1.807) is 11.9 Å². The topological polar surface area (TPSA) is 131 Å². The highest BCUT2D eigenvalue weighted by molar-refractivity contribution is 5.75. The number of carbonyl (C=O) groups is 1. The van der Waals surface area contributed by atoms with Crippen molar-refractivity contribution < 1.29 is 35.1 Å². The monoisotopic (exact) mass is 427 g/mol. The fraction of sp³-hybridized carbons (Fsp3) is 0.864. The molecule has 1 heterocycles. The highest BCUT2D eigenvalue weighted by atomic mass is 16.6. The molecule has 0 spiro atoms. The van der Waals surface area contributed by atoms with Crippen molar-refractivity contribution in [1.82, 2.24) is 4.90 Å². The third-order valence-electron chi connectivity index (χ3n) is 7.65. The lowest BCUT2D eigenvalue weighted by Gasteiger charge is -2.50. The molecule has 8 heteroatoms. The molecule has 172 valence electrons. The van der Waals surface area contributed by atoms with E-state index in [9.17, 15) is 25.2 Å². The van der Waals surface area contributed by atoms with Crippen LogP contribution in [0.2, 0.25) is 0 Å². The molecule has 0 bridgehead atoms. The summed E-state index contributed by atoms with van der Waals surface area (Å²) in [7, 11) is 1.73. The largest absolute Gasteiger partial charge is 0.462 e. The van der Waals surface area contributed by atoms with Crippen LogP contribution in [0.25, 0.3) is 0 Å². The van der Waals surface area contributed by atoms with Gasteiger partial charge in [0.05, 0.1) is 18.6 Å². The van der Waals surface area contributed by atoms with Crippen LogP contribution in [-0.4, -0.2) is 93.7 Å². The van der Waals surface area contributed by atoms with Crippen molar-refractivity contribution in [3.8, 4) is 0 Å². The Morgan fingerprint density at radius 1 is 1.23 bits per heavy atom. The van der Waals surface area contributed by atoms with Gasteiger partial charge in [0.25, 0.3) is 0 Å². The van der Waals surface area contributed by atoms with Crippen molar-refractivity contribution in [2.45, 2.75) is 69.5 Å². The zero-order valence-electron chi connectivity index (χ0n) is 18.0. The molecule has 0 radical (unpaired) electrons. The van der Waals surface area contributed by atoms with E-state index in [1.165, 1.54) is 5.57 Å². The van der Waals surface area contributed by atoms with Crippen molar-refractivity contribution in [2.75, 3.05) is 26.7 Å². The molecule has 30 heavy (non-hydrogen) atoms. The van der Waals surface area contributed by atoms with Gasteiger partial charge < -0.3 is 35.2 Å². The maximum Gasteiger partial charge on any atom is 0.310 e. The van der Waals surface area contributed by atoms with Gasteiger partial charge >= 0.3 is 5.97 Å². The average molecular weight is 428 g/mol. The van der Waals surface area contributed by atoms with Crippen LogP contribution in [0.5, 0.6) is 0 Å². The fourth-order valence-electron chi connectivity index (χ4n) is 5.87. The Morgan fingerprint density at radius 3 is 2.57 bits per heavy atom. The predicted molar refractivity (Wildman–Crippen MR) is 109 cm³/mol. The minimum atomic E-state index is -1.66. The quantitative estimate of drug-likeness (QED) is 0.263. The zero-order chi connectivity index (χ0) is 22.2. The molecule has 0 aromatic heterocycles. The standard InChI is InChI=1S/C22H37NO7/c1-12-5-4-6-22(2)8-18-13(7-15(12)22)14(21(29)30-18)9-23(3)10-16(25)19(27)20(28)17(26)11-24/h13-20,24-28H,1,4-11H2,2-3H3/t13-,14+,15+,16+,17-,18-,19+,20-,22-/m1/s1. The van der Waals surface area contributed by atoms with Crippen molar-refractivity contribution in [1.29, 1.82) is 0 Å². The first-order valence-electron chi connectivity index (χ1n) is 11.0. The Kier molecular flexibility index (Phi) is 7.26. The lowest BCUT2D eigenvalue weighted by atomic mass is 9.55. The molecular weight excluding hydrogens is 390 g/mol. The van der Waals surface area contributed by atoms with Crippen molar-refractivity contribution >= 4 is 5.97 Å². The van der Waals surface area contributed by atoms with Gasteiger partial charge in [-0.15, -0.1) is 0 Å². The predicted octanol–water partition coefficient (Wildman–Crippen LogP) is -0.332. The van der Waals surface area contributed by atoms with E-state index >= 15 is 0 Å². The molecule has 3 rings (SSSR count). The van der Waals surface area contributed by atoms with Gasteiger partial charge in [-0.3, -0.25) is 4.79 Å². The Bertz CT molecular complexity index is 643. The third kappa shape index (κ3) is 4.59. The fourth-order valence-corrected chi connectivity index (χ4v) is 5.87. The highest BCUT2D eigenvalue weighted by Crippen LogP contribution is 2.56. The molecule has 3 fully saturated rings. The molecule has 2 aliphatic carbocycles. The minimum absolute atomic E-state index is 0.00535. The number of esters is 1. The summed E-state index contributed by atoms with van der Waals surface area (Å²) in [6.07, 6.45) is -1.17. The van der Waals surface area contributed by atoms with Crippen LogP contribution in [0.1, 0.15) is 39.0 Å². The van der Waals surface area contributed by atoms with Crippen LogP contribution >= 0.6 is 0 Å². The van der Waals surface area contributed by atoms with Gasteiger partial charge in [0.2, 0.25) is 0 Å². The van der Waals surface area contributed by atoms with Crippen LogP contribution in [0.3, 0.4) is 0 Å². The Morgan fingerprint density at radius 2 is 1.90 bits per heavy atom. The number of aliphatic hydroxyl groups excluding tert-OH is 5. The lowest BCUT2D eigenvalue weighted by Crippen LogP contribution is -2.50. The maximum atomic E-state index is 12.6. The Labute approximate surface area is 178 Å². The van der Waals surface area contributed by atoms with Crippen LogP contribution in [-0.2, 0) is 9.53 Å². The van der Waals surface area contributed by atoms with Gasteiger partial charge in [-0.05, 0) is 50.5 Å². The summed E-state index contributed by atoms with van der Waals surface area (Å²) >= 11 is 0. The first kappa shape index (κ1) is 23.6. The summed E-state index contributed by atoms with van der Waals surface area (Å²) in [5.41, 5.74) is 1.42. The third-order valence-corrected chi connectivity index (χ3v) is 7.65. The highest BCUT2D eigenvalue weighted by Gasteiger charge is 2.55. The molecule has 2 saturated carbocycles. The number of hydrogen-bond donors (Lipinski definition) is 5. The summed E-state index contributed by atoms with van der Waals surface area (Å²) in [5.74, 6) is -0.0128. The van der Waals surface area contributed by atoms with Crippen molar-refractivity contribution in [2.24, 2.45) is 23.2 Å². The van der Waals surface area contributed by atoms with Crippen LogP contribution in [0, 0.1) is 23.2 Å². The first-order valence-corrected chi connectivity index (χ1v) is 11.0. The summed E-state index contributed by atoms with van der Waals surface area (Å²) < 4.78 is 5.76. The van der Waals surface area contributed by atoms with Crippen LogP contribution in [0.15, 0.2) is 12.2 Å². The van der Waals surface area contributed by atoms with E-state index in [0.717, 1.165) is 32.1 Å². The number of aliphatic hydroxyl groups is 5. The Balaban J connectivity index is 1.61. The molecule has 0 unspecified atom stereocenters. The summed E-state index contributed by atoms with van der Waals surface area (Å²) in [4.78, 5) is 14.4. The minimum Gasteiger partial charge on any atom is -0.462 e. The van der Waals surface area contributed by atoms with Crippen LogP contribution < -0.4 is 0 Å². The SMILES string of the molecule is C=C1CCC[C@]2(C)C[C@H]3OC(=O)[C@@H](CN(C)C[C@H](O)[C@H](O)[C@H](O)[C@H](O)CO)[C@H]3C[C@@H]12. The normalized spacial score (nSPS) is 37.9. The van der Waals surface area contributed by atoms with Gasteiger partial charge in [-0.2, -0.15) is 0 Å². The van der Waals surface area contributed by atoms with Gasteiger partial charge in [-0.1, -0.05) is 19.1 Å². The van der Waals surface area contributed by atoms with Crippen molar-refractivity contribution in [3.63, 3.8) is 0 Å². The van der Waals surface area contributed by atoms with Crippen LogP contribution in [0.4, 0.5) is 0 Å². The number of ether oxygens (including phenoxy) is 1. The number of allylic oxidation sites excluding steroid dienone is 1. The molecule has 0 aromatic carbocycles. The summed E-state index contributed by atoms with van der Waals surface area (Å²) in [6.45, 7) is 6.25.